The second-order valence-corrected chi connectivity index (χ2v) is 9.23. The van der Waals surface area contributed by atoms with Crippen LogP contribution in [0.15, 0.2) is 45.3 Å². The first kappa shape index (κ1) is 21.6. The molecule has 3 nitrogen and oxygen atoms in total. The number of hydrogen-bond acceptors (Lipinski definition) is 3. The van der Waals surface area contributed by atoms with Gasteiger partial charge in [-0.05, 0) is 68.3 Å². The topological polar surface area (TPSA) is 60.7 Å². The van der Waals surface area contributed by atoms with Crippen LogP contribution in [0.1, 0.15) is 22.3 Å². The van der Waals surface area contributed by atoms with E-state index in [1.165, 1.54) is 0 Å². The van der Waals surface area contributed by atoms with Gasteiger partial charge < -0.3 is 15.3 Å². The first-order chi connectivity index (χ1) is 13.2. The van der Waals surface area contributed by atoms with Crippen molar-refractivity contribution in [1.82, 2.24) is 0 Å². The highest BCUT2D eigenvalue weighted by atomic mass is 79.9. The number of halogens is 5. The molecular weight excluding hydrogens is 554 g/mol. The summed E-state index contributed by atoms with van der Waals surface area (Å²) >= 11 is 24.9. The number of hydrogen-bond donors (Lipinski definition) is 3. The minimum Gasteiger partial charge on any atom is -0.507 e. The standard InChI is InChI=1S/C20H13Br2Cl3O3/c21-16-7-14(24)5-11(19(16)27)1-9-3-13(23)4-10(18(9)26)2-12-6-15(25)8-17(22)20(12)28/h3-8,26-28H,1-2H2. The van der Waals surface area contributed by atoms with Crippen molar-refractivity contribution in [3.05, 3.63) is 82.7 Å². The van der Waals surface area contributed by atoms with Gasteiger partial charge in [-0.25, -0.2) is 0 Å². The Morgan fingerprint density at radius 1 is 0.536 bits per heavy atom. The lowest BCUT2D eigenvalue weighted by Gasteiger charge is -2.14. The van der Waals surface area contributed by atoms with Gasteiger partial charge in [0.15, 0.2) is 0 Å². The Kier molecular flexibility index (Phi) is 6.72. The highest BCUT2D eigenvalue weighted by Gasteiger charge is 2.16. The molecule has 28 heavy (non-hydrogen) atoms. The van der Waals surface area contributed by atoms with Crippen LogP contribution in [0, 0.1) is 0 Å². The van der Waals surface area contributed by atoms with E-state index < -0.39 is 0 Å². The van der Waals surface area contributed by atoms with E-state index in [0.29, 0.717) is 46.3 Å². The summed E-state index contributed by atoms with van der Waals surface area (Å²) in [6.07, 6.45) is 0.436. The largest absolute Gasteiger partial charge is 0.507 e. The minimum atomic E-state index is 0.0235. The van der Waals surface area contributed by atoms with Gasteiger partial charge in [0, 0.05) is 50.2 Å². The van der Waals surface area contributed by atoms with Crippen LogP contribution >= 0.6 is 66.7 Å². The molecule has 0 amide bonds. The Labute approximate surface area is 193 Å². The molecule has 0 radical (unpaired) electrons. The quantitative estimate of drug-likeness (QED) is 0.307. The van der Waals surface area contributed by atoms with Crippen molar-refractivity contribution in [3.8, 4) is 17.2 Å². The minimum absolute atomic E-state index is 0.0235. The smallest absolute Gasteiger partial charge is 0.133 e. The van der Waals surface area contributed by atoms with E-state index in [1.54, 1.807) is 36.4 Å². The maximum Gasteiger partial charge on any atom is 0.133 e. The molecule has 3 N–H and O–H groups in total. The zero-order chi connectivity index (χ0) is 20.6. The fraction of sp³-hybridized carbons (Fsp3) is 0.100. The maximum atomic E-state index is 10.8. The zero-order valence-corrected chi connectivity index (χ0v) is 19.5. The third-order valence-corrected chi connectivity index (χ3v) is 6.07. The molecule has 0 saturated heterocycles. The fourth-order valence-electron chi connectivity index (χ4n) is 2.91. The number of benzene rings is 3. The molecule has 0 unspecified atom stereocenters. The van der Waals surface area contributed by atoms with Crippen molar-refractivity contribution in [1.29, 1.82) is 0 Å². The Balaban J connectivity index is 2.02. The first-order valence-corrected chi connectivity index (χ1v) is 10.7. The molecule has 0 saturated carbocycles. The summed E-state index contributed by atoms with van der Waals surface area (Å²) in [5.74, 6) is 0.110. The lowest BCUT2D eigenvalue weighted by Crippen LogP contribution is -1.97. The number of rotatable bonds is 4. The van der Waals surface area contributed by atoms with Crippen LogP contribution in [-0.4, -0.2) is 15.3 Å². The van der Waals surface area contributed by atoms with Gasteiger partial charge in [-0.15, -0.1) is 0 Å². The molecule has 0 aromatic heterocycles. The molecule has 3 aromatic carbocycles. The van der Waals surface area contributed by atoms with E-state index in [0.717, 1.165) is 0 Å². The van der Waals surface area contributed by atoms with Crippen molar-refractivity contribution >= 4 is 66.7 Å². The van der Waals surface area contributed by atoms with Gasteiger partial charge in [0.1, 0.15) is 17.2 Å². The molecule has 3 aromatic rings. The van der Waals surface area contributed by atoms with Crippen LogP contribution in [0.2, 0.25) is 15.1 Å². The summed E-state index contributed by atoms with van der Waals surface area (Å²) in [4.78, 5) is 0. The van der Waals surface area contributed by atoms with Gasteiger partial charge >= 0.3 is 0 Å². The van der Waals surface area contributed by atoms with Gasteiger partial charge in [0.25, 0.3) is 0 Å². The van der Waals surface area contributed by atoms with Gasteiger partial charge in [0.05, 0.1) is 8.95 Å². The Hall–Kier alpha value is -1.11. The predicted octanol–water partition coefficient (Wildman–Crippen LogP) is 7.47. The highest BCUT2D eigenvalue weighted by molar-refractivity contribution is 9.10. The van der Waals surface area contributed by atoms with Gasteiger partial charge in [-0.3, -0.25) is 0 Å². The summed E-state index contributed by atoms with van der Waals surface area (Å²) in [7, 11) is 0. The van der Waals surface area contributed by atoms with Crippen LogP contribution in [0.25, 0.3) is 0 Å². The van der Waals surface area contributed by atoms with Crippen molar-refractivity contribution in [2.75, 3.05) is 0 Å². The average molecular weight is 567 g/mol. The summed E-state index contributed by atoms with van der Waals surface area (Å²) in [6, 6.07) is 9.68. The Bertz CT molecular complexity index is 991. The van der Waals surface area contributed by atoms with Crippen LogP contribution in [0.5, 0.6) is 17.2 Å². The molecule has 0 aliphatic carbocycles. The lowest BCUT2D eigenvalue weighted by molar-refractivity contribution is 0.455. The molecule has 146 valence electrons. The predicted molar refractivity (Wildman–Crippen MR) is 120 cm³/mol. The molecule has 3 rings (SSSR count). The van der Waals surface area contributed by atoms with Gasteiger partial charge in [0.2, 0.25) is 0 Å². The average Bonchev–Trinajstić information content (AvgIpc) is 2.60. The van der Waals surface area contributed by atoms with Crippen molar-refractivity contribution < 1.29 is 15.3 Å². The van der Waals surface area contributed by atoms with E-state index in [2.05, 4.69) is 31.9 Å². The van der Waals surface area contributed by atoms with Gasteiger partial charge in [-0.2, -0.15) is 0 Å². The second kappa shape index (κ2) is 8.72. The third kappa shape index (κ3) is 4.71. The lowest BCUT2D eigenvalue weighted by atomic mass is 9.97. The molecule has 0 aliphatic rings. The number of aromatic hydroxyl groups is 3. The summed E-state index contributed by atoms with van der Waals surface area (Å²) in [5, 5.41) is 32.7. The fourth-order valence-corrected chi connectivity index (χ4v) is 4.92. The Morgan fingerprint density at radius 2 is 0.821 bits per heavy atom. The molecular formula is C20H13Br2Cl3O3. The highest BCUT2D eigenvalue weighted by Crippen LogP contribution is 2.38. The zero-order valence-electron chi connectivity index (χ0n) is 14.1. The van der Waals surface area contributed by atoms with Crippen molar-refractivity contribution in [3.63, 3.8) is 0 Å². The van der Waals surface area contributed by atoms with E-state index >= 15 is 0 Å². The van der Waals surface area contributed by atoms with Crippen molar-refractivity contribution in [2.45, 2.75) is 12.8 Å². The molecule has 0 bridgehead atoms. The van der Waals surface area contributed by atoms with Crippen LogP contribution in [-0.2, 0) is 12.8 Å². The van der Waals surface area contributed by atoms with Crippen LogP contribution < -0.4 is 0 Å². The van der Waals surface area contributed by atoms with Crippen LogP contribution in [0.4, 0.5) is 0 Å². The SMILES string of the molecule is Oc1c(Br)cc(Cl)cc1Cc1cc(Cl)cc(Cc2cc(Cl)cc(Br)c2O)c1O. The monoisotopic (exact) mass is 564 g/mol. The number of phenols is 3. The first-order valence-electron chi connectivity index (χ1n) is 7.99. The van der Waals surface area contributed by atoms with E-state index in [-0.39, 0.29) is 30.1 Å². The molecule has 0 fully saturated rings. The van der Waals surface area contributed by atoms with Crippen molar-refractivity contribution in [2.24, 2.45) is 0 Å². The van der Waals surface area contributed by atoms with Crippen LogP contribution in [0.3, 0.4) is 0 Å². The third-order valence-electron chi connectivity index (χ3n) is 4.21. The molecule has 0 atom stereocenters. The summed E-state index contributed by atoms with van der Waals surface area (Å²) < 4.78 is 0.927. The molecule has 0 aliphatic heterocycles. The van der Waals surface area contributed by atoms with E-state index in [1.807, 2.05) is 0 Å². The molecule has 0 heterocycles. The normalized spacial score (nSPS) is 11.0. The number of phenolic OH excluding ortho intramolecular Hbond substituents is 3. The summed E-state index contributed by atoms with van der Waals surface area (Å²) in [6.45, 7) is 0. The molecule has 8 heteroatoms. The van der Waals surface area contributed by atoms with Gasteiger partial charge in [-0.1, -0.05) is 34.8 Å². The summed E-state index contributed by atoms with van der Waals surface area (Å²) in [5.41, 5.74) is 2.12. The maximum absolute atomic E-state index is 10.8. The van der Waals surface area contributed by atoms with E-state index in [9.17, 15) is 15.3 Å². The van der Waals surface area contributed by atoms with E-state index in [4.69, 9.17) is 34.8 Å². The second-order valence-electron chi connectivity index (χ2n) is 6.22. The Morgan fingerprint density at radius 3 is 1.18 bits per heavy atom. The molecule has 0 spiro atoms.